The molecule has 22 heavy (non-hydrogen) atoms. The van der Waals surface area contributed by atoms with E-state index in [-0.39, 0.29) is 5.91 Å². The number of carbonyl (C=O) groups is 1. The van der Waals surface area contributed by atoms with Crippen LogP contribution in [0.4, 0.5) is 5.69 Å². The molecular formula is C17H17BrClNO2. The second kappa shape index (κ2) is 7.65. The molecule has 0 atom stereocenters. The minimum atomic E-state index is -0.224. The maximum atomic E-state index is 12.6. The molecule has 0 saturated heterocycles. The van der Waals surface area contributed by atoms with E-state index in [0.29, 0.717) is 28.6 Å². The maximum absolute atomic E-state index is 12.6. The minimum Gasteiger partial charge on any atom is -0.493 e. The third-order valence-corrected chi connectivity index (χ3v) is 4.07. The van der Waals surface area contributed by atoms with E-state index in [1.54, 1.807) is 24.3 Å². The molecule has 1 amide bonds. The number of hydrogen-bond acceptors (Lipinski definition) is 2. The molecule has 0 aromatic heterocycles. The van der Waals surface area contributed by atoms with Crippen molar-refractivity contribution in [2.24, 2.45) is 0 Å². The average Bonchev–Trinajstić information content (AvgIpc) is 2.50. The SMILES string of the molecule is CCCOc1ccc(Br)cc1C(=O)Nc1cccc(Cl)c1C. The van der Waals surface area contributed by atoms with E-state index in [1.165, 1.54) is 0 Å². The first-order valence-electron chi connectivity index (χ1n) is 7.01. The topological polar surface area (TPSA) is 38.3 Å². The van der Waals surface area contributed by atoms with E-state index in [1.807, 2.05) is 26.0 Å². The fourth-order valence-corrected chi connectivity index (χ4v) is 2.49. The molecule has 116 valence electrons. The van der Waals surface area contributed by atoms with Crippen LogP contribution in [0.1, 0.15) is 29.3 Å². The molecule has 0 radical (unpaired) electrons. The molecule has 0 spiro atoms. The molecule has 3 nitrogen and oxygen atoms in total. The van der Waals surface area contributed by atoms with E-state index in [0.717, 1.165) is 16.5 Å². The quantitative estimate of drug-likeness (QED) is 0.746. The number of hydrogen-bond donors (Lipinski definition) is 1. The lowest BCUT2D eigenvalue weighted by Gasteiger charge is -2.13. The van der Waals surface area contributed by atoms with E-state index in [9.17, 15) is 4.79 Å². The zero-order valence-electron chi connectivity index (χ0n) is 12.5. The summed E-state index contributed by atoms with van der Waals surface area (Å²) in [5.74, 6) is 0.347. The van der Waals surface area contributed by atoms with Crippen molar-refractivity contribution >= 4 is 39.1 Å². The molecule has 0 bridgehead atoms. The highest BCUT2D eigenvalue weighted by Gasteiger charge is 2.15. The number of ether oxygens (including phenoxy) is 1. The summed E-state index contributed by atoms with van der Waals surface area (Å²) >= 11 is 9.47. The van der Waals surface area contributed by atoms with Crippen molar-refractivity contribution in [3.63, 3.8) is 0 Å². The summed E-state index contributed by atoms with van der Waals surface area (Å²) in [7, 11) is 0. The summed E-state index contributed by atoms with van der Waals surface area (Å²) in [6, 6.07) is 10.8. The number of nitrogens with one attached hydrogen (secondary N) is 1. The molecule has 5 heteroatoms. The largest absolute Gasteiger partial charge is 0.493 e. The Labute approximate surface area is 143 Å². The lowest BCUT2D eigenvalue weighted by atomic mass is 10.1. The van der Waals surface area contributed by atoms with Crippen molar-refractivity contribution in [1.82, 2.24) is 0 Å². The number of rotatable bonds is 5. The molecule has 0 unspecified atom stereocenters. The fourth-order valence-electron chi connectivity index (χ4n) is 1.95. The fraction of sp³-hybridized carbons (Fsp3) is 0.235. The van der Waals surface area contributed by atoms with E-state index < -0.39 is 0 Å². The summed E-state index contributed by atoms with van der Waals surface area (Å²) in [6.07, 6.45) is 0.879. The number of amides is 1. The third-order valence-electron chi connectivity index (χ3n) is 3.16. The van der Waals surface area contributed by atoms with Gasteiger partial charge in [-0.05, 0) is 49.2 Å². The van der Waals surface area contributed by atoms with Gasteiger partial charge in [0.1, 0.15) is 5.75 Å². The number of halogens is 2. The van der Waals surface area contributed by atoms with E-state index in [2.05, 4.69) is 21.2 Å². The number of benzene rings is 2. The van der Waals surface area contributed by atoms with Gasteiger partial charge in [0.25, 0.3) is 5.91 Å². The highest BCUT2D eigenvalue weighted by molar-refractivity contribution is 9.10. The predicted molar refractivity (Wildman–Crippen MR) is 94.1 cm³/mol. The Kier molecular flexibility index (Phi) is 5.86. The van der Waals surface area contributed by atoms with Crippen molar-refractivity contribution < 1.29 is 9.53 Å². The monoisotopic (exact) mass is 381 g/mol. The van der Waals surface area contributed by atoms with Gasteiger partial charge in [-0.2, -0.15) is 0 Å². The molecule has 0 aliphatic heterocycles. The van der Waals surface area contributed by atoms with Crippen LogP contribution in [0, 0.1) is 6.92 Å². The van der Waals surface area contributed by atoms with Crippen molar-refractivity contribution in [2.75, 3.05) is 11.9 Å². The Morgan fingerprint density at radius 3 is 2.82 bits per heavy atom. The molecule has 0 fully saturated rings. The van der Waals surface area contributed by atoms with Gasteiger partial charge in [-0.1, -0.05) is 40.5 Å². The van der Waals surface area contributed by atoms with Gasteiger partial charge >= 0.3 is 0 Å². The second-order valence-corrected chi connectivity index (χ2v) is 6.18. The molecule has 2 aromatic carbocycles. The maximum Gasteiger partial charge on any atom is 0.259 e. The van der Waals surface area contributed by atoms with Gasteiger partial charge in [0, 0.05) is 15.2 Å². The zero-order chi connectivity index (χ0) is 16.1. The van der Waals surface area contributed by atoms with Crippen LogP contribution in [-0.4, -0.2) is 12.5 Å². The molecule has 2 aromatic rings. The zero-order valence-corrected chi connectivity index (χ0v) is 14.8. The van der Waals surface area contributed by atoms with Gasteiger partial charge in [0.05, 0.1) is 12.2 Å². The van der Waals surface area contributed by atoms with Crippen LogP contribution in [0.5, 0.6) is 5.75 Å². The van der Waals surface area contributed by atoms with Crippen molar-refractivity contribution in [2.45, 2.75) is 20.3 Å². The van der Waals surface area contributed by atoms with E-state index in [4.69, 9.17) is 16.3 Å². The minimum absolute atomic E-state index is 0.224. The number of anilines is 1. The lowest BCUT2D eigenvalue weighted by Crippen LogP contribution is -2.14. The molecule has 0 saturated carbocycles. The predicted octanol–water partition coefficient (Wildman–Crippen LogP) is 5.45. The summed E-state index contributed by atoms with van der Waals surface area (Å²) in [4.78, 5) is 12.6. The Balaban J connectivity index is 2.28. The van der Waals surface area contributed by atoms with Crippen LogP contribution in [0.2, 0.25) is 5.02 Å². The van der Waals surface area contributed by atoms with Crippen molar-refractivity contribution in [3.8, 4) is 5.75 Å². The smallest absolute Gasteiger partial charge is 0.259 e. The van der Waals surface area contributed by atoms with Crippen LogP contribution >= 0.6 is 27.5 Å². The van der Waals surface area contributed by atoms with Gasteiger partial charge in [0.15, 0.2) is 0 Å². The lowest BCUT2D eigenvalue weighted by molar-refractivity contribution is 0.102. The molecule has 0 heterocycles. The highest BCUT2D eigenvalue weighted by Crippen LogP contribution is 2.27. The Morgan fingerprint density at radius 1 is 1.32 bits per heavy atom. The van der Waals surface area contributed by atoms with Crippen molar-refractivity contribution in [3.05, 3.63) is 57.0 Å². The summed E-state index contributed by atoms with van der Waals surface area (Å²) < 4.78 is 6.47. The summed E-state index contributed by atoms with van der Waals surface area (Å²) in [6.45, 7) is 4.46. The normalized spacial score (nSPS) is 10.4. The third kappa shape index (κ3) is 4.02. The van der Waals surface area contributed by atoms with Gasteiger partial charge in [0.2, 0.25) is 0 Å². The van der Waals surface area contributed by atoms with Crippen molar-refractivity contribution in [1.29, 1.82) is 0 Å². The first-order chi connectivity index (χ1) is 10.5. The first kappa shape index (κ1) is 16.8. The second-order valence-electron chi connectivity index (χ2n) is 4.86. The summed E-state index contributed by atoms with van der Waals surface area (Å²) in [5.41, 5.74) is 2.02. The number of carbonyl (C=O) groups excluding carboxylic acids is 1. The summed E-state index contributed by atoms with van der Waals surface area (Å²) in [5, 5.41) is 3.51. The van der Waals surface area contributed by atoms with Crippen LogP contribution in [0.15, 0.2) is 40.9 Å². The van der Waals surface area contributed by atoms with Gasteiger partial charge < -0.3 is 10.1 Å². The Bertz CT molecular complexity index is 688. The highest BCUT2D eigenvalue weighted by atomic mass is 79.9. The molecule has 0 aliphatic carbocycles. The first-order valence-corrected chi connectivity index (χ1v) is 8.19. The van der Waals surface area contributed by atoms with Gasteiger partial charge in [-0.25, -0.2) is 0 Å². The van der Waals surface area contributed by atoms with Crippen LogP contribution < -0.4 is 10.1 Å². The Morgan fingerprint density at radius 2 is 2.09 bits per heavy atom. The van der Waals surface area contributed by atoms with Crippen LogP contribution in [0.25, 0.3) is 0 Å². The average molecular weight is 383 g/mol. The van der Waals surface area contributed by atoms with Crippen LogP contribution in [-0.2, 0) is 0 Å². The van der Waals surface area contributed by atoms with Gasteiger partial charge in [-0.15, -0.1) is 0 Å². The molecular weight excluding hydrogens is 366 g/mol. The standard InChI is InChI=1S/C17H17BrClNO2/c1-3-9-22-16-8-7-12(18)10-13(16)17(21)20-15-6-4-5-14(19)11(15)2/h4-8,10H,3,9H2,1-2H3,(H,20,21). The molecule has 1 N–H and O–H groups in total. The Hall–Kier alpha value is -1.52. The van der Waals surface area contributed by atoms with E-state index >= 15 is 0 Å². The van der Waals surface area contributed by atoms with Gasteiger partial charge in [-0.3, -0.25) is 4.79 Å². The van der Waals surface area contributed by atoms with Crippen LogP contribution in [0.3, 0.4) is 0 Å². The molecule has 2 rings (SSSR count). The molecule has 0 aliphatic rings.